The van der Waals surface area contributed by atoms with Crippen LogP contribution in [0.25, 0.3) is 0 Å². The third-order valence-electron chi connectivity index (χ3n) is 2.48. The number of amides is 1. The summed E-state index contributed by atoms with van der Waals surface area (Å²) in [5, 5.41) is 6.11. The van der Waals surface area contributed by atoms with Gasteiger partial charge in [-0.2, -0.15) is 0 Å². The van der Waals surface area contributed by atoms with E-state index in [9.17, 15) is 9.59 Å². The van der Waals surface area contributed by atoms with Gasteiger partial charge < -0.3 is 15.5 Å². The van der Waals surface area contributed by atoms with Crippen LogP contribution in [0.4, 0.5) is 0 Å². The summed E-state index contributed by atoms with van der Waals surface area (Å²) in [5.41, 5.74) is 0. The van der Waals surface area contributed by atoms with Crippen molar-refractivity contribution in [1.82, 2.24) is 15.5 Å². The summed E-state index contributed by atoms with van der Waals surface area (Å²) in [7, 11) is 3.78. The molecule has 0 radical (unpaired) electrons. The minimum Gasteiger partial charge on any atom is -0.339 e. The highest BCUT2D eigenvalue weighted by atomic mass is 16.2. The molecular weight excluding hydrogens is 230 g/mol. The number of carbonyl (C=O) groups excluding carboxylic acids is 2. The van der Waals surface area contributed by atoms with Crippen LogP contribution >= 0.6 is 0 Å². The number of hydrogen-bond donors (Lipinski definition) is 2. The van der Waals surface area contributed by atoms with Gasteiger partial charge in [0, 0.05) is 19.2 Å². The lowest BCUT2D eigenvalue weighted by molar-refractivity contribution is -0.126. The van der Waals surface area contributed by atoms with Crippen molar-refractivity contribution in [3.8, 4) is 0 Å². The van der Waals surface area contributed by atoms with E-state index in [2.05, 4.69) is 10.6 Å². The molecular formula is C13H25N3O2. The van der Waals surface area contributed by atoms with Gasteiger partial charge in [-0.3, -0.25) is 9.59 Å². The molecule has 5 nitrogen and oxygen atoms in total. The van der Waals surface area contributed by atoms with Crippen LogP contribution < -0.4 is 10.6 Å². The van der Waals surface area contributed by atoms with Gasteiger partial charge in [0.2, 0.25) is 5.91 Å². The molecule has 0 fully saturated rings. The molecule has 104 valence electrons. The second-order valence-electron chi connectivity index (χ2n) is 4.18. The van der Waals surface area contributed by atoms with Crippen LogP contribution in [0.15, 0.2) is 12.2 Å². The smallest absolute Gasteiger partial charge is 0.246 e. The maximum absolute atomic E-state index is 11.9. The van der Waals surface area contributed by atoms with E-state index in [1.807, 2.05) is 14.1 Å². The average molecular weight is 255 g/mol. The predicted octanol–water partition coefficient (Wildman–Crippen LogP) is 0.179. The third-order valence-corrected chi connectivity index (χ3v) is 2.48. The number of rotatable bonds is 10. The molecule has 0 aromatic rings. The third kappa shape index (κ3) is 8.90. The normalized spacial score (nSPS) is 10.8. The van der Waals surface area contributed by atoms with Crippen LogP contribution in [0, 0.1) is 0 Å². The van der Waals surface area contributed by atoms with Gasteiger partial charge in [0.05, 0.1) is 0 Å². The Morgan fingerprint density at radius 1 is 1.00 bits per heavy atom. The first-order valence-corrected chi connectivity index (χ1v) is 6.38. The van der Waals surface area contributed by atoms with Gasteiger partial charge >= 0.3 is 0 Å². The molecule has 1 amide bonds. The first kappa shape index (κ1) is 16.8. The van der Waals surface area contributed by atoms with E-state index >= 15 is 0 Å². The predicted molar refractivity (Wildman–Crippen MR) is 73.5 cm³/mol. The molecule has 0 atom stereocenters. The zero-order valence-electron chi connectivity index (χ0n) is 11.7. The van der Waals surface area contributed by atoms with Crippen molar-refractivity contribution < 1.29 is 9.59 Å². The molecule has 0 aromatic heterocycles. The summed E-state index contributed by atoms with van der Waals surface area (Å²) in [5.74, 6) is -0.189. The molecule has 0 spiro atoms. The Morgan fingerprint density at radius 2 is 1.50 bits per heavy atom. The number of ketones is 1. The second-order valence-corrected chi connectivity index (χ2v) is 4.18. The van der Waals surface area contributed by atoms with Crippen LogP contribution in [-0.4, -0.2) is 56.9 Å². The fourth-order valence-corrected chi connectivity index (χ4v) is 1.52. The Hall–Kier alpha value is -1.20. The maximum atomic E-state index is 11.9. The summed E-state index contributed by atoms with van der Waals surface area (Å²) in [4.78, 5) is 24.5. The lowest BCUT2D eigenvalue weighted by Crippen LogP contribution is -2.34. The molecule has 0 heterocycles. The van der Waals surface area contributed by atoms with Crippen LogP contribution in [0.2, 0.25) is 0 Å². The highest BCUT2D eigenvalue weighted by molar-refractivity contribution is 5.96. The Balaban J connectivity index is 4.24. The Morgan fingerprint density at radius 3 is 1.89 bits per heavy atom. The van der Waals surface area contributed by atoms with Crippen molar-refractivity contribution in [2.45, 2.75) is 19.8 Å². The molecule has 0 aromatic carbocycles. The van der Waals surface area contributed by atoms with E-state index in [4.69, 9.17) is 0 Å². The zero-order chi connectivity index (χ0) is 13.8. The molecule has 2 N–H and O–H groups in total. The fraction of sp³-hybridized carbons (Fsp3) is 0.692. The van der Waals surface area contributed by atoms with Gasteiger partial charge in [-0.05, 0) is 53.0 Å². The van der Waals surface area contributed by atoms with Crippen LogP contribution in [-0.2, 0) is 9.59 Å². The lowest BCUT2D eigenvalue weighted by atomic mass is 10.3. The van der Waals surface area contributed by atoms with Gasteiger partial charge in [-0.25, -0.2) is 0 Å². The SMILES string of the molecule is CNCCCN(CCCNC)C(=O)/C=C\C(C)=O. The van der Waals surface area contributed by atoms with Gasteiger partial charge in [0.15, 0.2) is 5.78 Å². The molecule has 0 saturated heterocycles. The van der Waals surface area contributed by atoms with Gasteiger partial charge in [0.1, 0.15) is 0 Å². The van der Waals surface area contributed by atoms with Gasteiger partial charge in [-0.1, -0.05) is 0 Å². The summed E-state index contributed by atoms with van der Waals surface area (Å²) >= 11 is 0. The number of nitrogens with one attached hydrogen (secondary N) is 2. The first-order chi connectivity index (χ1) is 8.61. The van der Waals surface area contributed by atoms with Crippen LogP contribution in [0.1, 0.15) is 19.8 Å². The number of nitrogens with zero attached hydrogens (tertiary/aromatic N) is 1. The second kappa shape index (κ2) is 10.9. The first-order valence-electron chi connectivity index (χ1n) is 6.38. The summed E-state index contributed by atoms with van der Waals surface area (Å²) in [6, 6.07) is 0. The van der Waals surface area contributed by atoms with E-state index in [1.165, 1.54) is 19.1 Å². The monoisotopic (exact) mass is 255 g/mol. The van der Waals surface area contributed by atoms with Crippen molar-refractivity contribution in [1.29, 1.82) is 0 Å². The number of hydrogen-bond acceptors (Lipinski definition) is 4. The Labute approximate surface area is 110 Å². The van der Waals surface area contributed by atoms with Crippen LogP contribution in [0.3, 0.4) is 0 Å². The summed E-state index contributed by atoms with van der Waals surface area (Å²) < 4.78 is 0. The molecule has 5 heteroatoms. The van der Waals surface area contributed by atoms with Crippen molar-refractivity contribution in [3.63, 3.8) is 0 Å². The quantitative estimate of drug-likeness (QED) is 0.432. The molecule has 0 bridgehead atoms. The minimum atomic E-state index is -0.103. The molecule has 0 saturated carbocycles. The average Bonchev–Trinajstić information content (AvgIpc) is 2.34. The standard InChI is InChI=1S/C13H25N3O2/c1-12(17)6-7-13(18)16(10-4-8-14-2)11-5-9-15-3/h6-7,14-15H,4-5,8-11H2,1-3H3/b7-6-. The van der Waals surface area contributed by atoms with Gasteiger partial charge in [0.25, 0.3) is 0 Å². The summed E-state index contributed by atoms with van der Waals surface area (Å²) in [6.07, 6.45) is 4.51. The highest BCUT2D eigenvalue weighted by Gasteiger charge is 2.09. The molecule has 0 rings (SSSR count). The molecule has 0 aliphatic carbocycles. The van der Waals surface area contributed by atoms with Gasteiger partial charge in [-0.15, -0.1) is 0 Å². The van der Waals surface area contributed by atoms with Crippen molar-refractivity contribution >= 4 is 11.7 Å². The molecule has 0 aliphatic rings. The number of allylic oxidation sites excluding steroid dienone is 1. The van der Waals surface area contributed by atoms with E-state index in [1.54, 1.807) is 4.90 Å². The Bertz CT molecular complexity index is 267. The summed E-state index contributed by atoms with van der Waals surface area (Å²) in [6.45, 7) is 4.63. The molecule has 18 heavy (non-hydrogen) atoms. The minimum absolute atomic E-state index is 0.0857. The fourth-order valence-electron chi connectivity index (χ4n) is 1.52. The number of carbonyl (C=O) groups is 2. The van der Waals surface area contributed by atoms with E-state index in [0.29, 0.717) is 13.1 Å². The van der Waals surface area contributed by atoms with Crippen molar-refractivity contribution in [2.24, 2.45) is 0 Å². The van der Waals surface area contributed by atoms with E-state index in [0.717, 1.165) is 25.9 Å². The highest BCUT2D eigenvalue weighted by Crippen LogP contribution is 1.97. The Kier molecular flexibility index (Phi) is 10.2. The molecule has 0 aliphatic heterocycles. The molecule has 0 unspecified atom stereocenters. The van der Waals surface area contributed by atoms with E-state index in [-0.39, 0.29) is 11.7 Å². The van der Waals surface area contributed by atoms with E-state index < -0.39 is 0 Å². The van der Waals surface area contributed by atoms with Crippen molar-refractivity contribution in [3.05, 3.63) is 12.2 Å². The lowest BCUT2D eigenvalue weighted by Gasteiger charge is -2.21. The topological polar surface area (TPSA) is 61.4 Å². The van der Waals surface area contributed by atoms with Crippen LogP contribution in [0.5, 0.6) is 0 Å². The maximum Gasteiger partial charge on any atom is 0.246 e. The van der Waals surface area contributed by atoms with Crippen molar-refractivity contribution in [2.75, 3.05) is 40.3 Å². The largest absolute Gasteiger partial charge is 0.339 e. The zero-order valence-corrected chi connectivity index (χ0v) is 11.7.